The first-order valence-corrected chi connectivity index (χ1v) is 6.01. The van der Waals surface area contributed by atoms with Crippen LogP contribution in [0.25, 0.3) is 0 Å². The molecule has 0 bridgehead atoms. The standard InChI is InChI=1S/C12H22N2O3/c1-8-4-5-9(10(13)15)6-14(8)7-12(2,3)11(16)17/h8-9H,4-7H2,1-3H3,(H2,13,15)(H,16,17). The zero-order chi connectivity index (χ0) is 13.2. The molecule has 1 saturated heterocycles. The fourth-order valence-electron chi connectivity index (χ4n) is 2.21. The molecule has 5 nitrogen and oxygen atoms in total. The Labute approximate surface area is 102 Å². The Bertz CT molecular complexity index is 315. The van der Waals surface area contributed by atoms with Crippen molar-refractivity contribution >= 4 is 11.9 Å². The SMILES string of the molecule is CC1CCC(C(N)=O)CN1CC(C)(C)C(=O)O. The van der Waals surface area contributed by atoms with Crippen molar-refractivity contribution in [2.45, 2.75) is 39.7 Å². The van der Waals surface area contributed by atoms with E-state index >= 15 is 0 Å². The van der Waals surface area contributed by atoms with Crippen molar-refractivity contribution in [2.24, 2.45) is 17.1 Å². The normalized spacial score (nSPS) is 26.8. The van der Waals surface area contributed by atoms with Crippen molar-refractivity contribution in [2.75, 3.05) is 13.1 Å². The number of carbonyl (C=O) groups excluding carboxylic acids is 1. The highest BCUT2D eigenvalue weighted by atomic mass is 16.4. The first-order valence-electron chi connectivity index (χ1n) is 6.01. The molecule has 5 heteroatoms. The fourth-order valence-corrected chi connectivity index (χ4v) is 2.21. The Morgan fingerprint density at radius 1 is 1.41 bits per heavy atom. The number of carboxylic acid groups (broad SMARTS) is 1. The maximum atomic E-state index is 11.2. The molecule has 98 valence electrons. The minimum Gasteiger partial charge on any atom is -0.481 e. The first kappa shape index (κ1) is 14.0. The Balaban J connectivity index is 2.68. The summed E-state index contributed by atoms with van der Waals surface area (Å²) in [6.45, 7) is 6.50. The molecule has 1 rings (SSSR count). The van der Waals surface area contributed by atoms with E-state index in [2.05, 4.69) is 11.8 Å². The highest BCUT2D eigenvalue weighted by molar-refractivity contribution is 5.77. The maximum Gasteiger partial charge on any atom is 0.310 e. The van der Waals surface area contributed by atoms with Crippen LogP contribution in [0.2, 0.25) is 0 Å². The summed E-state index contributed by atoms with van der Waals surface area (Å²) in [6, 6.07) is 0.309. The number of hydrogen-bond acceptors (Lipinski definition) is 3. The van der Waals surface area contributed by atoms with E-state index in [4.69, 9.17) is 10.8 Å². The predicted octanol–water partition coefficient (Wildman–Crippen LogP) is 0.683. The van der Waals surface area contributed by atoms with Crippen LogP contribution in [0.1, 0.15) is 33.6 Å². The number of rotatable bonds is 4. The summed E-state index contributed by atoms with van der Waals surface area (Å²) in [7, 11) is 0. The summed E-state index contributed by atoms with van der Waals surface area (Å²) in [5.74, 6) is -1.24. The number of carboxylic acids is 1. The van der Waals surface area contributed by atoms with Gasteiger partial charge in [0.1, 0.15) is 0 Å². The summed E-state index contributed by atoms with van der Waals surface area (Å²) >= 11 is 0. The molecule has 0 aromatic rings. The van der Waals surface area contributed by atoms with Crippen molar-refractivity contribution in [1.82, 2.24) is 4.90 Å². The molecule has 2 atom stereocenters. The van der Waals surface area contributed by atoms with E-state index in [0.29, 0.717) is 19.1 Å². The molecule has 17 heavy (non-hydrogen) atoms. The third kappa shape index (κ3) is 3.43. The molecule has 1 amide bonds. The lowest BCUT2D eigenvalue weighted by Gasteiger charge is -2.40. The number of hydrogen-bond donors (Lipinski definition) is 2. The van der Waals surface area contributed by atoms with Gasteiger partial charge in [-0.1, -0.05) is 0 Å². The molecule has 0 aromatic heterocycles. The Morgan fingerprint density at radius 3 is 2.47 bits per heavy atom. The number of carbonyl (C=O) groups is 2. The summed E-state index contributed by atoms with van der Waals surface area (Å²) in [5.41, 5.74) is 4.52. The van der Waals surface area contributed by atoms with Gasteiger partial charge in [-0.15, -0.1) is 0 Å². The van der Waals surface area contributed by atoms with Gasteiger partial charge in [-0.05, 0) is 33.6 Å². The molecular formula is C12H22N2O3. The fraction of sp³-hybridized carbons (Fsp3) is 0.833. The van der Waals surface area contributed by atoms with Crippen LogP contribution in [0.15, 0.2) is 0 Å². The van der Waals surface area contributed by atoms with Gasteiger partial charge in [0.25, 0.3) is 0 Å². The van der Waals surface area contributed by atoms with Crippen molar-refractivity contribution < 1.29 is 14.7 Å². The number of piperidine rings is 1. The van der Waals surface area contributed by atoms with Crippen LogP contribution < -0.4 is 5.73 Å². The lowest BCUT2D eigenvalue weighted by molar-refractivity contribution is -0.148. The smallest absolute Gasteiger partial charge is 0.310 e. The van der Waals surface area contributed by atoms with E-state index in [1.54, 1.807) is 13.8 Å². The second-order valence-electron chi connectivity index (χ2n) is 5.64. The number of likely N-dealkylation sites (tertiary alicyclic amines) is 1. The quantitative estimate of drug-likeness (QED) is 0.759. The molecule has 3 N–H and O–H groups in total. The molecule has 0 spiro atoms. The van der Waals surface area contributed by atoms with E-state index in [1.165, 1.54) is 0 Å². The van der Waals surface area contributed by atoms with Crippen LogP contribution in [0.3, 0.4) is 0 Å². The minimum absolute atomic E-state index is 0.143. The van der Waals surface area contributed by atoms with Gasteiger partial charge in [0.2, 0.25) is 5.91 Å². The van der Waals surface area contributed by atoms with Gasteiger partial charge in [-0.3, -0.25) is 14.5 Å². The van der Waals surface area contributed by atoms with Gasteiger partial charge < -0.3 is 10.8 Å². The minimum atomic E-state index is -0.814. The molecule has 1 aliphatic rings. The second kappa shape index (κ2) is 5.04. The Morgan fingerprint density at radius 2 is 2.00 bits per heavy atom. The predicted molar refractivity (Wildman–Crippen MR) is 64.4 cm³/mol. The average Bonchev–Trinajstić information content (AvgIpc) is 2.20. The van der Waals surface area contributed by atoms with Crippen molar-refractivity contribution in [3.05, 3.63) is 0 Å². The van der Waals surface area contributed by atoms with E-state index in [-0.39, 0.29) is 11.8 Å². The highest BCUT2D eigenvalue weighted by Gasteiger charge is 2.35. The van der Waals surface area contributed by atoms with Crippen LogP contribution in [-0.4, -0.2) is 41.0 Å². The first-order chi connectivity index (χ1) is 7.74. The molecule has 0 aromatic carbocycles. The van der Waals surface area contributed by atoms with E-state index < -0.39 is 11.4 Å². The van der Waals surface area contributed by atoms with Crippen LogP contribution in [0.4, 0.5) is 0 Å². The van der Waals surface area contributed by atoms with Gasteiger partial charge in [0, 0.05) is 19.1 Å². The monoisotopic (exact) mass is 242 g/mol. The van der Waals surface area contributed by atoms with Gasteiger partial charge in [0.15, 0.2) is 0 Å². The largest absolute Gasteiger partial charge is 0.481 e. The van der Waals surface area contributed by atoms with Crippen LogP contribution in [-0.2, 0) is 9.59 Å². The number of aliphatic carboxylic acids is 1. The molecule has 1 aliphatic heterocycles. The molecular weight excluding hydrogens is 220 g/mol. The Hall–Kier alpha value is -1.10. The van der Waals surface area contributed by atoms with Gasteiger partial charge in [-0.25, -0.2) is 0 Å². The summed E-state index contributed by atoms with van der Waals surface area (Å²) in [4.78, 5) is 24.3. The molecule has 0 radical (unpaired) electrons. The third-order valence-corrected chi connectivity index (χ3v) is 3.59. The zero-order valence-corrected chi connectivity index (χ0v) is 10.8. The molecule has 0 aliphatic carbocycles. The van der Waals surface area contributed by atoms with Gasteiger partial charge in [-0.2, -0.15) is 0 Å². The van der Waals surface area contributed by atoms with Crippen LogP contribution in [0, 0.1) is 11.3 Å². The van der Waals surface area contributed by atoms with E-state index in [1.807, 2.05) is 0 Å². The molecule has 2 unspecified atom stereocenters. The number of nitrogens with zero attached hydrogens (tertiary/aromatic N) is 1. The number of nitrogens with two attached hydrogens (primary N) is 1. The summed E-state index contributed by atoms with van der Waals surface area (Å²) < 4.78 is 0. The van der Waals surface area contributed by atoms with E-state index in [0.717, 1.165) is 12.8 Å². The Kier molecular flexibility index (Phi) is 4.14. The summed E-state index contributed by atoms with van der Waals surface area (Å²) in [6.07, 6.45) is 1.70. The molecule has 1 heterocycles. The number of primary amides is 1. The maximum absolute atomic E-state index is 11.2. The highest BCUT2D eigenvalue weighted by Crippen LogP contribution is 2.26. The van der Waals surface area contributed by atoms with Gasteiger partial charge in [0.05, 0.1) is 11.3 Å². The molecule has 1 fully saturated rings. The average molecular weight is 242 g/mol. The lowest BCUT2D eigenvalue weighted by Crippen LogP contribution is -2.50. The number of amides is 1. The van der Waals surface area contributed by atoms with Crippen molar-refractivity contribution in [1.29, 1.82) is 0 Å². The second-order valence-corrected chi connectivity index (χ2v) is 5.64. The lowest BCUT2D eigenvalue weighted by atomic mass is 9.88. The van der Waals surface area contributed by atoms with E-state index in [9.17, 15) is 9.59 Å². The van der Waals surface area contributed by atoms with Crippen molar-refractivity contribution in [3.8, 4) is 0 Å². The van der Waals surface area contributed by atoms with Crippen LogP contribution >= 0.6 is 0 Å². The zero-order valence-electron chi connectivity index (χ0n) is 10.8. The summed E-state index contributed by atoms with van der Waals surface area (Å²) in [5, 5.41) is 9.11. The van der Waals surface area contributed by atoms with Gasteiger partial charge >= 0.3 is 5.97 Å². The third-order valence-electron chi connectivity index (χ3n) is 3.59. The molecule has 0 saturated carbocycles. The topological polar surface area (TPSA) is 83.6 Å². The van der Waals surface area contributed by atoms with Crippen LogP contribution in [0.5, 0.6) is 0 Å². The van der Waals surface area contributed by atoms with Crippen molar-refractivity contribution in [3.63, 3.8) is 0 Å².